The Morgan fingerprint density at radius 1 is 1.42 bits per heavy atom. The maximum absolute atomic E-state index is 11.4. The van der Waals surface area contributed by atoms with E-state index in [9.17, 15) is 9.59 Å². The lowest BCUT2D eigenvalue weighted by molar-refractivity contribution is -0.122. The number of carboxylic acid groups (broad SMARTS) is 1. The Morgan fingerprint density at radius 2 is 2.16 bits per heavy atom. The first kappa shape index (κ1) is 13.6. The highest BCUT2D eigenvalue weighted by molar-refractivity contribution is 6.33. The average molecular weight is 284 g/mol. The number of pyridine rings is 1. The molecule has 0 aromatic carbocycles. The van der Waals surface area contributed by atoms with Gasteiger partial charge in [-0.1, -0.05) is 11.6 Å². The summed E-state index contributed by atoms with van der Waals surface area (Å²) >= 11 is 5.71. The third-order valence-corrected chi connectivity index (χ3v) is 3.07. The van der Waals surface area contributed by atoms with Gasteiger partial charge in [-0.05, 0) is 18.9 Å². The molecule has 102 valence electrons. The maximum Gasteiger partial charge on any atom is 0.337 e. The average Bonchev–Trinajstić information content (AvgIpc) is 3.20. The summed E-state index contributed by atoms with van der Waals surface area (Å²) in [4.78, 5) is 26.2. The quantitative estimate of drug-likeness (QED) is 0.686. The van der Waals surface area contributed by atoms with Crippen molar-refractivity contribution in [2.45, 2.75) is 12.8 Å². The van der Waals surface area contributed by atoms with Crippen LogP contribution in [0.2, 0.25) is 5.02 Å². The molecule has 1 saturated carbocycles. The molecule has 0 atom stereocenters. The third kappa shape index (κ3) is 3.82. The van der Waals surface area contributed by atoms with Crippen LogP contribution in [0.5, 0.6) is 0 Å². The lowest BCUT2D eigenvalue weighted by Crippen LogP contribution is -2.29. The molecule has 1 heterocycles. The Labute approximate surface area is 115 Å². The first-order valence-corrected chi connectivity index (χ1v) is 6.36. The van der Waals surface area contributed by atoms with E-state index < -0.39 is 5.97 Å². The highest BCUT2D eigenvalue weighted by atomic mass is 35.5. The summed E-state index contributed by atoms with van der Waals surface area (Å²) in [6.07, 6.45) is 3.23. The number of amides is 1. The van der Waals surface area contributed by atoms with Crippen LogP contribution < -0.4 is 10.6 Å². The minimum absolute atomic E-state index is 0.00110. The Morgan fingerprint density at radius 3 is 2.79 bits per heavy atom. The maximum atomic E-state index is 11.4. The van der Waals surface area contributed by atoms with Crippen LogP contribution in [0.15, 0.2) is 12.3 Å². The summed E-state index contributed by atoms with van der Waals surface area (Å²) in [5, 5.41) is 14.7. The largest absolute Gasteiger partial charge is 0.478 e. The third-order valence-electron chi connectivity index (χ3n) is 2.76. The van der Waals surface area contributed by atoms with Crippen molar-refractivity contribution in [1.29, 1.82) is 0 Å². The summed E-state index contributed by atoms with van der Waals surface area (Å²) in [5.41, 5.74) is 0.00110. The smallest absolute Gasteiger partial charge is 0.337 e. The van der Waals surface area contributed by atoms with Gasteiger partial charge in [-0.25, -0.2) is 9.78 Å². The number of aromatic nitrogens is 1. The van der Waals surface area contributed by atoms with Crippen LogP contribution in [0.3, 0.4) is 0 Å². The molecule has 1 aliphatic rings. The predicted molar refractivity (Wildman–Crippen MR) is 70.4 cm³/mol. The van der Waals surface area contributed by atoms with Crippen LogP contribution in [0.4, 0.5) is 5.82 Å². The summed E-state index contributed by atoms with van der Waals surface area (Å²) < 4.78 is 0. The normalized spacial score (nSPS) is 13.9. The molecular formula is C12H14ClN3O3. The first-order chi connectivity index (χ1) is 9.08. The van der Waals surface area contributed by atoms with E-state index >= 15 is 0 Å². The van der Waals surface area contributed by atoms with Crippen molar-refractivity contribution < 1.29 is 14.7 Å². The summed E-state index contributed by atoms with van der Waals surface area (Å²) in [6, 6.07) is 1.37. The van der Waals surface area contributed by atoms with Crippen LogP contribution >= 0.6 is 11.6 Å². The van der Waals surface area contributed by atoms with Crippen molar-refractivity contribution in [1.82, 2.24) is 10.3 Å². The molecule has 0 unspecified atom stereocenters. The van der Waals surface area contributed by atoms with Crippen LogP contribution in [-0.2, 0) is 4.79 Å². The van der Waals surface area contributed by atoms with E-state index in [4.69, 9.17) is 16.7 Å². The molecule has 3 N–H and O–H groups in total. The lowest BCUT2D eigenvalue weighted by atomic mass is 10.2. The molecule has 1 fully saturated rings. The van der Waals surface area contributed by atoms with Gasteiger partial charge >= 0.3 is 5.97 Å². The van der Waals surface area contributed by atoms with Crippen LogP contribution in [0, 0.1) is 5.92 Å². The van der Waals surface area contributed by atoms with Gasteiger partial charge in [0.2, 0.25) is 5.91 Å². The van der Waals surface area contributed by atoms with Gasteiger partial charge in [-0.3, -0.25) is 4.79 Å². The molecule has 0 aliphatic heterocycles. The first-order valence-electron chi connectivity index (χ1n) is 5.98. The van der Waals surface area contributed by atoms with E-state index in [-0.39, 0.29) is 22.4 Å². The second-order valence-corrected chi connectivity index (χ2v) is 4.75. The zero-order valence-electron chi connectivity index (χ0n) is 10.1. The fourth-order valence-corrected chi connectivity index (χ4v) is 1.75. The van der Waals surface area contributed by atoms with E-state index in [0.717, 1.165) is 12.8 Å². The second kappa shape index (κ2) is 5.88. The zero-order valence-corrected chi connectivity index (χ0v) is 10.9. The van der Waals surface area contributed by atoms with Gasteiger partial charge in [0.15, 0.2) is 0 Å². The van der Waals surface area contributed by atoms with Gasteiger partial charge in [0.05, 0.1) is 10.6 Å². The number of aromatic carboxylic acids is 1. The van der Waals surface area contributed by atoms with Crippen molar-refractivity contribution in [3.63, 3.8) is 0 Å². The van der Waals surface area contributed by atoms with Crippen molar-refractivity contribution >= 4 is 29.3 Å². The summed E-state index contributed by atoms with van der Waals surface area (Å²) in [7, 11) is 0. The fraction of sp³-hybridized carbons (Fsp3) is 0.417. The van der Waals surface area contributed by atoms with Gasteiger partial charge < -0.3 is 15.7 Å². The molecule has 1 aromatic rings. The van der Waals surface area contributed by atoms with E-state index in [0.29, 0.717) is 18.9 Å². The molecular weight excluding hydrogens is 270 g/mol. The molecule has 2 rings (SSSR count). The number of hydrogen-bond acceptors (Lipinski definition) is 4. The Balaban J connectivity index is 1.80. The van der Waals surface area contributed by atoms with Gasteiger partial charge in [0.25, 0.3) is 0 Å². The van der Waals surface area contributed by atoms with Gasteiger partial charge in [0, 0.05) is 25.2 Å². The fourth-order valence-electron chi connectivity index (χ4n) is 1.57. The molecule has 6 nitrogen and oxygen atoms in total. The molecule has 1 aliphatic carbocycles. The number of carbonyl (C=O) groups excluding carboxylic acids is 1. The number of halogens is 1. The van der Waals surface area contributed by atoms with Crippen LogP contribution in [0.1, 0.15) is 23.2 Å². The molecule has 0 radical (unpaired) electrons. The van der Waals surface area contributed by atoms with Gasteiger partial charge in [-0.2, -0.15) is 0 Å². The van der Waals surface area contributed by atoms with Gasteiger partial charge in [0.1, 0.15) is 5.82 Å². The van der Waals surface area contributed by atoms with Crippen LogP contribution in [0.25, 0.3) is 0 Å². The molecule has 1 aromatic heterocycles. The standard InChI is InChI=1S/C12H14ClN3O3/c13-9-6-16-10(5-8(9)12(18)19)14-3-4-15-11(17)7-1-2-7/h5-7H,1-4H2,(H,14,16)(H,15,17)(H,18,19). The number of hydrogen-bond donors (Lipinski definition) is 3. The lowest BCUT2D eigenvalue weighted by Gasteiger charge is -2.08. The second-order valence-electron chi connectivity index (χ2n) is 4.35. The highest BCUT2D eigenvalue weighted by Crippen LogP contribution is 2.28. The SMILES string of the molecule is O=C(O)c1cc(NCCNC(=O)C2CC2)ncc1Cl. The highest BCUT2D eigenvalue weighted by Gasteiger charge is 2.28. The van der Waals surface area contributed by atoms with E-state index in [1.807, 2.05) is 0 Å². The van der Waals surface area contributed by atoms with Crippen molar-refractivity contribution in [2.24, 2.45) is 5.92 Å². The van der Waals surface area contributed by atoms with Crippen molar-refractivity contribution in [3.05, 3.63) is 22.8 Å². The summed E-state index contributed by atoms with van der Waals surface area (Å²) in [5.74, 6) is -0.413. The molecule has 19 heavy (non-hydrogen) atoms. The zero-order chi connectivity index (χ0) is 13.8. The molecule has 1 amide bonds. The molecule has 7 heteroatoms. The van der Waals surface area contributed by atoms with E-state index in [1.165, 1.54) is 12.3 Å². The Kier molecular flexibility index (Phi) is 4.21. The molecule has 0 spiro atoms. The molecule has 0 bridgehead atoms. The van der Waals surface area contributed by atoms with E-state index in [1.54, 1.807) is 0 Å². The number of nitrogens with zero attached hydrogens (tertiary/aromatic N) is 1. The Hall–Kier alpha value is -1.82. The number of carboxylic acids is 1. The predicted octanol–water partition coefficient (Wildman–Crippen LogP) is 1.37. The number of nitrogens with one attached hydrogen (secondary N) is 2. The van der Waals surface area contributed by atoms with Crippen LogP contribution in [-0.4, -0.2) is 35.1 Å². The Bertz CT molecular complexity index is 503. The number of carbonyl (C=O) groups is 2. The minimum Gasteiger partial charge on any atom is -0.478 e. The van der Waals surface area contributed by atoms with Crippen molar-refractivity contribution in [3.8, 4) is 0 Å². The topological polar surface area (TPSA) is 91.3 Å². The molecule has 0 saturated heterocycles. The number of anilines is 1. The van der Waals surface area contributed by atoms with Crippen molar-refractivity contribution in [2.75, 3.05) is 18.4 Å². The monoisotopic (exact) mass is 283 g/mol. The number of rotatable bonds is 6. The minimum atomic E-state index is -1.10. The van der Waals surface area contributed by atoms with Gasteiger partial charge in [-0.15, -0.1) is 0 Å². The summed E-state index contributed by atoms with van der Waals surface area (Å²) in [6.45, 7) is 0.953. The van der Waals surface area contributed by atoms with E-state index in [2.05, 4.69) is 15.6 Å².